The first kappa shape index (κ1) is 21.9. The van der Waals surface area contributed by atoms with E-state index in [-0.39, 0.29) is 23.7 Å². The predicted molar refractivity (Wildman–Crippen MR) is 123 cm³/mol. The maximum atomic E-state index is 12.9. The number of carbonyl (C=O) groups is 2. The number of nitrogens with zero attached hydrogens (tertiary/aromatic N) is 1. The summed E-state index contributed by atoms with van der Waals surface area (Å²) in [5, 5.41) is 6.34. The first-order chi connectivity index (χ1) is 15.4. The number of hydrogen-bond donors (Lipinski definition) is 3. The number of anilines is 2. The Morgan fingerprint density at radius 3 is 2.78 bits per heavy atom. The molecule has 2 aromatic carbocycles. The van der Waals surface area contributed by atoms with Crippen molar-refractivity contribution in [2.24, 2.45) is 0 Å². The Hall–Kier alpha value is -3.30. The van der Waals surface area contributed by atoms with Crippen LogP contribution in [0.3, 0.4) is 0 Å². The molecule has 0 bridgehead atoms. The fraction of sp³-hybridized carbons (Fsp3) is 0.182. The third kappa shape index (κ3) is 4.95. The highest BCUT2D eigenvalue weighted by molar-refractivity contribution is 7.98. The zero-order valence-corrected chi connectivity index (χ0v) is 18.5. The first-order valence-corrected chi connectivity index (χ1v) is 11.1. The lowest BCUT2D eigenvalue weighted by Gasteiger charge is -2.23. The van der Waals surface area contributed by atoms with Gasteiger partial charge in [-0.1, -0.05) is 41.6 Å². The van der Waals surface area contributed by atoms with E-state index in [0.29, 0.717) is 27.4 Å². The van der Waals surface area contributed by atoms with Crippen LogP contribution >= 0.6 is 23.4 Å². The number of nitrogens with one attached hydrogen (secondary N) is 3. The van der Waals surface area contributed by atoms with Crippen LogP contribution in [-0.2, 0) is 15.3 Å². The van der Waals surface area contributed by atoms with Gasteiger partial charge in [0.25, 0.3) is 5.56 Å². The minimum absolute atomic E-state index is 0.106. The quantitative estimate of drug-likeness (QED) is 0.373. The average Bonchev–Trinajstić information content (AvgIpc) is 2.78. The molecule has 0 saturated heterocycles. The maximum Gasteiger partial charge on any atom is 0.257 e. The van der Waals surface area contributed by atoms with E-state index >= 15 is 0 Å². The molecule has 164 valence electrons. The van der Waals surface area contributed by atoms with E-state index in [9.17, 15) is 14.4 Å². The van der Waals surface area contributed by atoms with Gasteiger partial charge in [-0.05, 0) is 29.8 Å². The van der Waals surface area contributed by atoms with Gasteiger partial charge in [0.15, 0.2) is 5.16 Å². The first-order valence-electron chi connectivity index (χ1n) is 9.69. The summed E-state index contributed by atoms with van der Waals surface area (Å²) in [5.41, 5.74) is 1.18. The van der Waals surface area contributed by atoms with Gasteiger partial charge < -0.3 is 20.4 Å². The van der Waals surface area contributed by atoms with E-state index in [2.05, 4.69) is 20.6 Å². The summed E-state index contributed by atoms with van der Waals surface area (Å²) in [5.74, 6) is -0.581. The molecule has 0 saturated carbocycles. The van der Waals surface area contributed by atoms with Crippen molar-refractivity contribution in [3.8, 4) is 5.75 Å². The second-order valence-corrected chi connectivity index (χ2v) is 8.48. The van der Waals surface area contributed by atoms with Gasteiger partial charge in [-0.2, -0.15) is 0 Å². The lowest BCUT2D eigenvalue weighted by atomic mass is 9.92. The third-order valence-electron chi connectivity index (χ3n) is 4.87. The van der Waals surface area contributed by atoms with E-state index in [1.807, 2.05) is 12.1 Å². The number of rotatable bonds is 6. The fourth-order valence-corrected chi connectivity index (χ4v) is 4.25. The molecular formula is C22H19ClN4O4S. The molecule has 32 heavy (non-hydrogen) atoms. The standard InChI is InChI=1S/C22H19ClN4O4S/c1-31-15-4-2-3-14(9-15)24-20(29)16-10-17(28)25-19-18(16)21(30)27-22(26-19)32-11-12-5-7-13(23)8-6-12/h2-9,16H,10-11H2,1H3,(H,24,29)(H2,25,26,27,28,30)/t16-/m0/s1. The summed E-state index contributed by atoms with van der Waals surface area (Å²) in [6.07, 6.45) is -0.148. The molecular weight excluding hydrogens is 452 g/mol. The highest BCUT2D eigenvalue weighted by Gasteiger charge is 2.34. The average molecular weight is 471 g/mol. The highest BCUT2D eigenvalue weighted by Crippen LogP contribution is 2.31. The van der Waals surface area contributed by atoms with Crippen LogP contribution in [0, 0.1) is 0 Å². The number of ether oxygens (including phenoxy) is 1. The van der Waals surface area contributed by atoms with E-state index in [4.69, 9.17) is 16.3 Å². The second-order valence-electron chi connectivity index (χ2n) is 7.07. The number of halogens is 1. The Labute approximate surface area is 192 Å². The van der Waals surface area contributed by atoms with Gasteiger partial charge in [-0.25, -0.2) is 4.98 Å². The zero-order valence-electron chi connectivity index (χ0n) is 17.0. The van der Waals surface area contributed by atoms with Crippen molar-refractivity contribution < 1.29 is 14.3 Å². The SMILES string of the molecule is COc1cccc(NC(=O)[C@H]2CC(=O)Nc3nc(SCc4ccc(Cl)cc4)[nH]c(=O)c32)c1. The molecule has 3 aromatic rings. The Morgan fingerprint density at radius 2 is 2.03 bits per heavy atom. The highest BCUT2D eigenvalue weighted by atomic mass is 35.5. The monoisotopic (exact) mass is 470 g/mol. The molecule has 1 aliphatic heterocycles. The Morgan fingerprint density at radius 1 is 1.25 bits per heavy atom. The van der Waals surface area contributed by atoms with E-state index in [0.717, 1.165) is 5.56 Å². The molecule has 2 heterocycles. The predicted octanol–water partition coefficient (Wildman–Crippen LogP) is 3.79. The number of carbonyl (C=O) groups excluding carboxylic acids is 2. The molecule has 0 aliphatic carbocycles. The van der Waals surface area contributed by atoms with Gasteiger partial charge in [0.05, 0.1) is 18.6 Å². The molecule has 10 heteroatoms. The summed E-state index contributed by atoms with van der Waals surface area (Å²) < 4.78 is 5.16. The number of aromatic nitrogens is 2. The van der Waals surface area contributed by atoms with Gasteiger partial charge >= 0.3 is 0 Å². The molecule has 0 spiro atoms. The largest absolute Gasteiger partial charge is 0.497 e. The number of benzene rings is 2. The number of methoxy groups -OCH3 is 1. The molecule has 0 fully saturated rings. The number of H-pyrrole nitrogens is 1. The molecule has 2 amide bonds. The summed E-state index contributed by atoms with van der Waals surface area (Å²) in [4.78, 5) is 45.1. The van der Waals surface area contributed by atoms with Crippen LogP contribution in [0.15, 0.2) is 58.5 Å². The van der Waals surface area contributed by atoms with Crippen molar-refractivity contribution in [1.82, 2.24) is 9.97 Å². The van der Waals surface area contributed by atoms with E-state index in [1.54, 1.807) is 36.4 Å². The molecule has 0 radical (unpaired) electrons. The van der Waals surface area contributed by atoms with E-state index < -0.39 is 17.4 Å². The number of thioether (sulfide) groups is 1. The van der Waals surface area contributed by atoms with Crippen LogP contribution in [0.1, 0.15) is 23.5 Å². The van der Waals surface area contributed by atoms with Gasteiger partial charge in [-0.3, -0.25) is 14.4 Å². The molecule has 1 atom stereocenters. The number of hydrogen-bond acceptors (Lipinski definition) is 6. The van der Waals surface area contributed by atoms with Gasteiger partial charge in [0, 0.05) is 29.0 Å². The van der Waals surface area contributed by atoms with Gasteiger partial charge in [0.1, 0.15) is 11.6 Å². The number of fused-ring (bicyclic) bond motifs is 1. The number of aromatic amines is 1. The molecule has 3 N–H and O–H groups in total. The molecule has 1 aromatic heterocycles. The lowest BCUT2D eigenvalue weighted by Crippen LogP contribution is -2.36. The Kier molecular flexibility index (Phi) is 6.48. The van der Waals surface area contributed by atoms with Crippen LogP contribution < -0.4 is 20.9 Å². The topological polar surface area (TPSA) is 113 Å². The molecule has 0 unspecified atom stereocenters. The van der Waals surface area contributed by atoms with Crippen molar-refractivity contribution >= 4 is 46.7 Å². The van der Waals surface area contributed by atoms with Crippen molar-refractivity contribution in [3.05, 3.63) is 75.0 Å². The molecule has 4 rings (SSSR count). The smallest absolute Gasteiger partial charge is 0.257 e. The van der Waals surface area contributed by atoms with Crippen molar-refractivity contribution in [1.29, 1.82) is 0 Å². The minimum Gasteiger partial charge on any atom is -0.497 e. The van der Waals surface area contributed by atoms with E-state index in [1.165, 1.54) is 18.9 Å². The summed E-state index contributed by atoms with van der Waals surface area (Å²) in [7, 11) is 1.52. The molecule has 8 nitrogen and oxygen atoms in total. The normalized spacial score (nSPS) is 14.9. The maximum absolute atomic E-state index is 12.9. The fourth-order valence-electron chi connectivity index (χ4n) is 3.31. The summed E-state index contributed by atoms with van der Waals surface area (Å²) >= 11 is 7.21. The second kappa shape index (κ2) is 9.46. The van der Waals surface area contributed by atoms with Crippen LogP contribution in [-0.4, -0.2) is 28.9 Å². The van der Waals surface area contributed by atoms with Crippen LogP contribution in [0.25, 0.3) is 0 Å². The zero-order chi connectivity index (χ0) is 22.7. The van der Waals surface area contributed by atoms with Gasteiger partial charge in [0.2, 0.25) is 11.8 Å². The minimum atomic E-state index is -0.962. The van der Waals surface area contributed by atoms with Crippen LogP contribution in [0.5, 0.6) is 5.75 Å². The van der Waals surface area contributed by atoms with Crippen LogP contribution in [0.2, 0.25) is 5.02 Å². The van der Waals surface area contributed by atoms with Crippen molar-refractivity contribution in [2.75, 3.05) is 17.7 Å². The Balaban J connectivity index is 1.56. The van der Waals surface area contributed by atoms with Crippen molar-refractivity contribution in [3.63, 3.8) is 0 Å². The van der Waals surface area contributed by atoms with Crippen LogP contribution in [0.4, 0.5) is 11.5 Å². The summed E-state index contributed by atoms with van der Waals surface area (Å²) in [6, 6.07) is 14.2. The van der Waals surface area contributed by atoms with Gasteiger partial charge in [-0.15, -0.1) is 0 Å². The summed E-state index contributed by atoms with van der Waals surface area (Å²) in [6.45, 7) is 0. The molecule has 1 aliphatic rings. The van der Waals surface area contributed by atoms with Crippen molar-refractivity contribution in [2.45, 2.75) is 23.2 Å². The number of amides is 2. The lowest BCUT2D eigenvalue weighted by molar-refractivity contribution is -0.123. The Bertz CT molecular complexity index is 1230. The third-order valence-corrected chi connectivity index (χ3v) is 6.07.